The Labute approximate surface area is 123 Å². The number of esters is 1. The van der Waals surface area contributed by atoms with Crippen LogP contribution in [0.1, 0.15) is 16.9 Å². The Balaban J connectivity index is 1.92. The zero-order valence-electron chi connectivity index (χ0n) is 10.6. The van der Waals surface area contributed by atoms with E-state index in [-0.39, 0.29) is 11.6 Å². The minimum absolute atomic E-state index is 0.180. The predicted molar refractivity (Wildman–Crippen MR) is 78.2 cm³/mol. The van der Waals surface area contributed by atoms with Crippen LogP contribution < -0.4 is 0 Å². The molecule has 0 fully saturated rings. The molecule has 0 saturated carbocycles. The van der Waals surface area contributed by atoms with Gasteiger partial charge in [-0.2, -0.15) is 0 Å². The summed E-state index contributed by atoms with van der Waals surface area (Å²) in [6.45, 7) is 2.01. The van der Waals surface area contributed by atoms with Crippen LogP contribution in [0.25, 0.3) is 6.08 Å². The zero-order chi connectivity index (χ0) is 14.1. The third kappa shape index (κ3) is 2.58. The average Bonchev–Trinajstić information content (AvgIpc) is 3.00. The second kappa shape index (κ2) is 5.09. The van der Waals surface area contributed by atoms with E-state index in [1.807, 2.05) is 31.2 Å². The first-order chi connectivity index (χ1) is 9.61. The van der Waals surface area contributed by atoms with Crippen molar-refractivity contribution in [1.82, 2.24) is 0 Å². The molecule has 0 bridgehead atoms. The van der Waals surface area contributed by atoms with Crippen LogP contribution in [-0.4, -0.2) is 11.9 Å². The molecule has 0 saturated heterocycles. The van der Waals surface area contributed by atoms with Crippen molar-refractivity contribution in [3.63, 3.8) is 0 Å². The molecule has 1 aromatic heterocycles. The van der Waals surface area contributed by atoms with Gasteiger partial charge in [-0.25, -0.2) is 9.79 Å². The van der Waals surface area contributed by atoms with Gasteiger partial charge in [0.15, 0.2) is 16.1 Å². The van der Waals surface area contributed by atoms with Crippen molar-refractivity contribution in [3.8, 4) is 0 Å². The maximum atomic E-state index is 11.8. The number of aliphatic imine (C=N–C) groups is 1. The van der Waals surface area contributed by atoms with Crippen molar-refractivity contribution in [2.75, 3.05) is 0 Å². The molecule has 5 heteroatoms. The molecule has 20 heavy (non-hydrogen) atoms. The maximum Gasteiger partial charge on any atom is 0.363 e. The monoisotopic (exact) mass is 331 g/mol. The number of hydrogen-bond acceptors (Lipinski definition) is 4. The SMILES string of the molecule is Cc1ccc(C=C2N=C(c3ccc(Br)o3)OC2=O)cc1. The van der Waals surface area contributed by atoms with E-state index in [9.17, 15) is 4.79 Å². The standard InChI is InChI=1S/C15H10BrNO3/c1-9-2-4-10(5-3-9)8-11-15(18)20-14(17-11)12-6-7-13(16)19-12/h2-8H,1H3. The largest absolute Gasteiger partial charge is 0.444 e. The molecule has 1 aromatic carbocycles. The number of aryl methyl sites for hydroxylation is 1. The summed E-state index contributed by atoms with van der Waals surface area (Å²) < 4.78 is 11.0. The van der Waals surface area contributed by atoms with Gasteiger partial charge in [-0.15, -0.1) is 0 Å². The van der Waals surface area contributed by atoms with E-state index in [0.717, 1.165) is 11.1 Å². The second-order valence-electron chi connectivity index (χ2n) is 4.35. The van der Waals surface area contributed by atoms with Crippen LogP contribution in [0.4, 0.5) is 0 Å². The molecule has 0 aliphatic carbocycles. The van der Waals surface area contributed by atoms with Gasteiger partial charge in [0.1, 0.15) is 0 Å². The molecule has 1 aliphatic rings. The van der Waals surface area contributed by atoms with Crippen LogP contribution in [0, 0.1) is 6.92 Å². The number of carbonyl (C=O) groups is 1. The Bertz CT molecular complexity index is 726. The molecule has 2 heterocycles. The van der Waals surface area contributed by atoms with Gasteiger partial charge in [-0.05, 0) is 46.6 Å². The summed E-state index contributed by atoms with van der Waals surface area (Å²) in [6.07, 6.45) is 1.69. The van der Waals surface area contributed by atoms with E-state index >= 15 is 0 Å². The number of benzene rings is 1. The molecule has 0 N–H and O–H groups in total. The first-order valence-electron chi connectivity index (χ1n) is 5.97. The predicted octanol–water partition coefficient (Wildman–Crippen LogP) is 3.70. The van der Waals surface area contributed by atoms with E-state index in [2.05, 4.69) is 20.9 Å². The molecule has 2 aromatic rings. The highest BCUT2D eigenvalue weighted by Gasteiger charge is 2.26. The van der Waals surface area contributed by atoms with Crippen LogP contribution in [0.5, 0.6) is 0 Å². The van der Waals surface area contributed by atoms with E-state index in [1.165, 1.54) is 0 Å². The average molecular weight is 332 g/mol. The zero-order valence-corrected chi connectivity index (χ0v) is 12.2. The topological polar surface area (TPSA) is 51.8 Å². The van der Waals surface area contributed by atoms with Gasteiger partial charge in [-0.3, -0.25) is 0 Å². The Hall–Kier alpha value is -2.14. The highest BCUT2D eigenvalue weighted by molar-refractivity contribution is 9.10. The Morgan fingerprint density at radius 3 is 2.55 bits per heavy atom. The van der Waals surface area contributed by atoms with Gasteiger partial charge in [0, 0.05) is 0 Å². The van der Waals surface area contributed by atoms with E-state index in [4.69, 9.17) is 9.15 Å². The van der Waals surface area contributed by atoms with Crippen molar-refractivity contribution in [2.24, 2.45) is 4.99 Å². The molecule has 0 radical (unpaired) electrons. The summed E-state index contributed by atoms with van der Waals surface area (Å²) in [5.41, 5.74) is 2.32. The van der Waals surface area contributed by atoms with Gasteiger partial charge in [-0.1, -0.05) is 29.8 Å². The van der Waals surface area contributed by atoms with Crippen LogP contribution in [0.15, 0.2) is 56.2 Å². The number of furan rings is 1. The lowest BCUT2D eigenvalue weighted by atomic mass is 10.1. The van der Waals surface area contributed by atoms with Crippen molar-refractivity contribution < 1.29 is 13.9 Å². The maximum absolute atomic E-state index is 11.8. The summed E-state index contributed by atoms with van der Waals surface area (Å²) in [7, 11) is 0. The van der Waals surface area contributed by atoms with Gasteiger partial charge in [0.2, 0.25) is 0 Å². The second-order valence-corrected chi connectivity index (χ2v) is 5.13. The van der Waals surface area contributed by atoms with Gasteiger partial charge in [0.05, 0.1) is 0 Å². The quantitative estimate of drug-likeness (QED) is 0.622. The van der Waals surface area contributed by atoms with E-state index in [1.54, 1.807) is 18.2 Å². The number of ether oxygens (including phenoxy) is 1. The third-order valence-corrected chi connectivity index (χ3v) is 3.21. The van der Waals surface area contributed by atoms with Gasteiger partial charge in [0.25, 0.3) is 5.90 Å². The first kappa shape index (κ1) is 12.9. The van der Waals surface area contributed by atoms with Crippen LogP contribution >= 0.6 is 15.9 Å². The van der Waals surface area contributed by atoms with Crippen LogP contribution in [0.2, 0.25) is 0 Å². The third-order valence-electron chi connectivity index (χ3n) is 2.79. The Kier molecular flexibility index (Phi) is 3.28. The van der Waals surface area contributed by atoms with Crippen LogP contribution in [0.3, 0.4) is 0 Å². The minimum Gasteiger partial charge on any atom is -0.444 e. The number of nitrogens with zero attached hydrogens (tertiary/aromatic N) is 1. The lowest BCUT2D eigenvalue weighted by Crippen LogP contribution is -2.04. The van der Waals surface area contributed by atoms with E-state index in [0.29, 0.717) is 10.4 Å². The minimum atomic E-state index is -0.479. The van der Waals surface area contributed by atoms with Crippen molar-refractivity contribution in [1.29, 1.82) is 0 Å². The molecule has 0 spiro atoms. The molecule has 4 nitrogen and oxygen atoms in total. The summed E-state index contributed by atoms with van der Waals surface area (Å²) in [6, 6.07) is 11.2. The molecule has 100 valence electrons. The lowest BCUT2D eigenvalue weighted by molar-refractivity contribution is -0.130. The fourth-order valence-corrected chi connectivity index (χ4v) is 2.07. The molecular formula is C15H10BrNO3. The van der Waals surface area contributed by atoms with Gasteiger partial charge >= 0.3 is 5.97 Å². The highest BCUT2D eigenvalue weighted by atomic mass is 79.9. The number of hydrogen-bond donors (Lipinski definition) is 0. The van der Waals surface area contributed by atoms with Crippen LogP contribution in [-0.2, 0) is 9.53 Å². The highest BCUT2D eigenvalue weighted by Crippen LogP contribution is 2.22. The fraction of sp³-hybridized carbons (Fsp3) is 0.0667. The van der Waals surface area contributed by atoms with Crippen molar-refractivity contribution in [2.45, 2.75) is 6.92 Å². The molecule has 1 aliphatic heterocycles. The molecule has 0 unspecified atom stereocenters. The molecule has 3 rings (SSSR count). The Morgan fingerprint density at radius 1 is 1.15 bits per heavy atom. The summed E-state index contributed by atoms with van der Waals surface area (Å²) in [5.74, 6) is 0.115. The van der Waals surface area contributed by atoms with Crippen molar-refractivity contribution >= 4 is 33.9 Å². The normalized spacial score (nSPS) is 16.4. The summed E-state index contributed by atoms with van der Waals surface area (Å²) >= 11 is 3.19. The number of rotatable bonds is 2. The molecule has 0 amide bonds. The van der Waals surface area contributed by atoms with Crippen molar-refractivity contribution in [3.05, 3.63) is 63.7 Å². The fourth-order valence-electron chi connectivity index (χ4n) is 1.76. The smallest absolute Gasteiger partial charge is 0.363 e. The van der Waals surface area contributed by atoms with E-state index < -0.39 is 5.97 Å². The lowest BCUT2D eigenvalue weighted by Gasteiger charge is -1.95. The summed E-state index contributed by atoms with van der Waals surface area (Å²) in [5, 5.41) is 0. The molecule has 0 atom stereocenters. The number of halogens is 1. The summed E-state index contributed by atoms with van der Waals surface area (Å²) in [4.78, 5) is 15.9. The molecular weight excluding hydrogens is 322 g/mol. The number of carbonyl (C=O) groups excluding carboxylic acids is 1. The Morgan fingerprint density at radius 2 is 1.90 bits per heavy atom. The number of cyclic esters (lactones) is 1. The van der Waals surface area contributed by atoms with Gasteiger partial charge < -0.3 is 9.15 Å². The first-order valence-corrected chi connectivity index (χ1v) is 6.76.